The van der Waals surface area contributed by atoms with Crippen molar-refractivity contribution in [1.29, 1.82) is 0 Å². The van der Waals surface area contributed by atoms with E-state index in [1.165, 1.54) is 33.1 Å². The van der Waals surface area contributed by atoms with E-state index in [0.29, 0.717) is 27.9 Å². The van der Waals surface area contributed by atoms with Gasteiger partial charge in [-0.2, -0.15) is 5.10 Å². The van der Waals surface area contributed by atoms with Crippen molar-refractivity contribution >= 4 is 47.2 Å². The first kappa shape index (κ1) is 28.1. The lowest BCUT2D eigenvalue weighted by molar-refractivity contribution is -0.151. The Balaban J connectivity index is 1.30. The monoisotopic (exact) mass is 600 g/mol. The van der Waals surface area contributed by atoms with Crippen LogP contribution in [0.4, 0.5) is 0 Å². The Kier molecular flexibility index (Phi) is 7.93. The highest BCUT2D eigenvalue weighted by Gasteiger charge is 2.54. The Morgan fingerprint density at radius 1 is 1.24 bits per heavy atom. The van der Waals surface area contributed by atoms with Gasteiger partial charge >= 0.3 is 11.7 Å². The molecule has 3 atom stereocenters. The number of hydrogen-bond acceptors (Lipinski definition) is 11. The summed E-state index contributed by atoms with van der Waals surface area (Å²) in [5, 5.41) is 32.3. The summed E-state index contributed by atoms with van der Waals surface area (Å²) in [5.41, 5.74) is 0.296. The molecule has 1 fully saturated rings. The lowest BCUT2D eigenvalue weighted by Gasteiger charge is -2.49. The number of thioether (sulfide) groups is 2. The molecule has 4 heterocycles. The molecule has 2 aliphatic rings. The number of nitrogens with one attached hydrogen (secondary N) is 3. The minimum absolute atomic E-state index is 0.124. The highest BCUT2D eigenvalue weighted by atomic mass is 32.2. The number of H-pyrrole nitrogens is 1. The maximum atomic E-state index is 13.4. The van der Waals surface area contributed by atoms with Crippen LogP contribution in [0.3, 0.4) is 0 Å². The molecule has 41 heavy (non-hydrogen) atoms. The van der Waals surface area contributed by atoms with Crippen LogP contribution in [0.15, 0.2) is 51.6 Å². The molecular weight excluding hydrogens is 576 g/mol. The van der Waals surface area contributed by atoms with E-state index in [0.717, 1.165) is 4.57 Å². The third-order valence-corrected chi connectivity index (χ3v) is 8.89. The number of aromatic amines is 1. The number of nitrogens with zero attached hydrogens (tertiary/aromatic N) is 7. The number of carbonyl (C=O) groups is 4. The number of aryl methyl sites for hydroxylation is 2. The average Bonchev–Trinajstić information content (AvgIpc) is 3.52. The van der Waals surface area contributed by atoms with Crippen molar-refractivity contribution in [3.05, 3.63) is 63.5 Å². The molecule has 16 nitrogen and oxygen atoms in total. The summed E-state index contributed by atoms with van der Waals surface area (Å²) in [4.78, 5) is 64.7. The number of carboxylic acids is 1. The minimum Gasteiger partial charge on any atom is -0.477 e. The van der Waals surface area contributed by atoms with Crippen molar-refractivity contribution in [2.75, 3.05) is 11.5 Å². The van der Waals surface area contributed by atoms with Gasteiger partial charge in [0.05, 0.1) is 0 Å². The van der Waals surface area contributed by atoms with Gasteiger partial charge in [0, 0.05) is 18.6 Å². The van der Waals surface area contributed by atoms with Crippen LogP contribution in [0.5, 0.6) is 0 Å². The van der Waals surface area contributed by atoms with Gasteiger partial charge in [0.25, 0.3) is 5.91 Å². The Labute approximate surface area is 239 Å². The SMILES string of the molecule is Cc1n[nH]c(=O)n1CC(=O)NC(C(=O)NC1C(=O)N2C(C(=O)O)=C(CSc3nnnn3C)CS[C@H]12)c1ccccc1. The molecule has 214 valence electrons. The standard InChI is InChI=1S/C23H24N10O6S2/c1-11-26-27-22(39)32(11)8-14(34)24-15(12-6-4-3-5-7-12)18(35)25-16-19(36)33-17(21(37)38)13(9-40-20(16)33)10-41-23-28-29-30-31(23)2/h3-7,15-16,20H,8-10H2,1-2H3,(H,24,34)(H,25,35)(H,27,39)(H,37,38)/t15?,16?,20-/m1/s1. The second kappa shape index (κ2) is 11.6. The number of hydrogen-bond donors (Lipinski definition) is 4. The number of aliphatic carboxylic acids is 1. The number of rotatable bonds is 10. The fraction of sp³-hybridized carbons (Fsp3) is 0.348. The molecule has 5 rings (SSSR count). The normalized spacial score (nSPS) is 18.9. The quantitative estimate of drug-likeness (QED) is 0.160. The summed E-state index contributed by atoms with van der Waals surface area (Å²) in [7, 11) is 1.66. The molecule has 0 bridgehead atoms. The maximum absolute atomic E-state index is 13.4. The van der Waals surface area contributed by atoms with Crippen LogP contribution < -0.4 is 16.3 Å². The number of tetrazole rings is 1. The number of benzene rings is 1. The van der Waals surface area contributed by atoms with Gasteiger partial charge in [0.2, 0.25) is 17.0 Å². The van der Waals surface area contributed by atoms with Crippen molar-refractivity contribution in [3.63, 3.8) is 0 Å². The average molecular weight is 601 g/mol. The highest BCUT2D eigenvalue weighted by molar-refractivity contribution is 8.01. The molecule has 2 unspecified atom stereocenters. The van der Waals surface area contributed by atoms with E-state index in [4.69, 9.17) is 0 Å². The lowest BCUT2D eigenvalue weighted by atomic mass is 10.0. The molecular formula is C23H24N10O6S2. The Hall–Kier alpha value is -4.45. The minimum atomic E-state index is -1.25. The third-order valence-electron chi connectivity index (χ3n) is 6.46. The fourth-order valence-corrected chi connectivity index (χ4v) is 6.74. The van der Waals surface area contributed by atoms with Gasteiger partial charge < -0.3 is 15.7 Å². The van der Waals surface area contributed by atoms with E-state index in [9.17, 15) is 29.1 Å². The van der Waals surface area contributed by atoms with Gasteiger partial charge in [0.1, 0.15) is 35.5 Å². The largest absolute Gasteiger partial charge is 0.477 e. The van der Waals surface area contributed by atoms with Crippen LogP contribution in [-0.2, 0) is 32.8 Å². The Morgan fingerprint density at radius 2 is 2.00 bits per heavy atom. The molecule has 2 aromatic heterocycles. The highest BCUT2D eigenvalue weighted by Crippen LogP contribution is 2.41. The number of carbonyl (C=O) groups excluding carboxylic acids is 3. The van der Waals surface area contributed by atoms with Crippen molar-refractivity contribution in [1.82, 2.24) is 50.5 Å². The predicted molar refractivity (Wildman–Crippen MR) is 144 cm³/mol. The zero-order chi connectivity index (χ0) is 29.3. The fourth-order valence-electron chi connectivity index (χ4n) is 4.40. The summed E-state index contributed by atoms with van der Waals surface area (Å²) in [6.07, 6.45) is 0. The predicted octanol–water partition coefficient (Wildman–Crippen LogP) is -1.21. The molecule has 0 aliphatic carbocycles. The van der Waals surface area contributed by atoms with Crippen molar-refractivity contribution in [3.8, 4) is 0 Å². The van der Waals surface area contributed by atoms with Gasteiger partial charge in [-0.3, -0.25) is 23.9 Å². The second-order valence-electron chi connectivity index (χ2n) is 9.10. The second-order valence-corrected chi connectivity index (χ2v) is 11.1. The van der Waals surface area contributed by atoms with Gasteiger partial charge in [-0.15, -0.1) is 16.9 Å². The van der Waals surface area contributed by atoms with Gasteiger partial charge in [-0.25, -0.2) is 19.4 Å². The molecule has 3 aromatic rings. The topological polar surface area (TPSA) is 210 Å². The molecule has 4 N–H and O–H groups in total. The van der Waals surface area contributed by atoms with Crippen LogP contribution in [0, 0.1) is 6.92 Å². The zero-order valence-electron chi connectivity index (χ0n) is 21.7. The van der Waals surface area contributed by atoms with E-state index >= 15 is 0 Å². The van der Waals surface area contributed by atoms with Crippen LogP contribution in [0.1, 0.15) is 17.4 Å². The smallest absolute Gasteiger partial charge is 0.352 e. The molecule has 0 radical (unpaired) electrons. The van der Waals surface area contributed by atoms with Crippen LogP contribution in [-0.4, -0.2) is 91.6 Å². The molecule has 2 aliphatic heterocycles. The zero-order valence-corrected chi connectivity index (χ0v) is 23.3. The van der Waals surface area contributed by atoms with Crippen molar-refractivity contribution < 1.29 is 24.3 Å². The summed E-state index contributed by atoms with van der Waals surface area (Å²) in [5.74, 6) is -2.22. The van der Waals surface area contributed by atoms with Crippen molar-refractivity contribution in [2.45, 2.75) is 36.1 Å². The molecule has 3 amide bonds. The molecule has 18 heteroatoms. The summed E-state index contributed by atoms with van der Waals surface area (Å²) < 4.78 is 2.58. The number of amides is 3. The van der Waals surface area contributed by atoms with Gasteiger partial charge in [-0.05, 0) is 28.5 Å². The van der Waals surface area contributed by atoms with E-state index in [1.54, 1.807) is 44.3 Å². The molecule has 1 saturated heterocycles. The number of β-lactam (4-membered cyclic amide) rings is 1. The maximum Gasteiger partial charge on any atom is 0.352 e. The van der Waals surface area contributed by atoms with Crippen LogP contribution >= 0.6 is 23.5 Å². The third kappa shape index (κ3) is 5.60. The van der Waals surface area contributed by atoms with Crippen LogP contribution in [0.2, 0.25) is 0 Å². The van der Waals surface area contributed by atoms with E-state index in [1.807, 2.05) is 0 Å². The lowest BCUT2D eigenvalue weighted by Crippen LogP contribution is -2.71. The number of fused-ring (bicyclic) bond motifs is 1. The van der Waals surface area contributed by atoms with E-state index in [-0.39, 0.29) is 18.0 Å². The molecule has 0 spiro atoms. The number of aromatic nitrogens is 7. The summed E-state index contributed by atoms with van der Waals surface area (Å²) >= 11 is 2.58. The van der Waals surface area contributed by atoms with E-state index in [2.05, 4.69) is 36.4 Å². The summed E-state index contributed by atoms with van der Waals surface area (Å²) in [6.45, 7) is 1.18. The summed E-state index contributed by atoms with van der Waals surface area (Å²) in [6, 6.07) is 6.25. The molecule has 1 aromatic carbocycles. The first-order chi connectivity index (χ1) is 19.7. The van der Waals surface area contributed by atoms with E-state index < -0.39 is 46.8 Å². The van der Waals surface area contributed by atoms with Gasteiger partial charge in [-0.1, -0.05) is 42.1 Å². The van der Waals surface area contributed by atoms with Crippen molar-refractivity contribution in [2.24, 2.45) is 7.05 Å². The first-order valence-corrected chi connectivity index (χ1v) is 14.2. The Morgan fingerprint density at radius 3 is 2.63 bits per heavy atom. The molecule has 0 saturated carbocycles. The number of carboxylic acid groups (broad SMARTS) is 1. The van der Waals surface area contributed by atoms with Crippen LogP contribution in [0.25, 0.3) is 0 Å². The Bertz CT molecular complexity index is 1600. The van der Waals surface area contributed by atoms with Gasteiger partial charge in [0.15, 0.2) is 0 Å². The first-order valence-electron chi connectivity index (χ1n) is 12.2.